The molecule has 1 nitrogen and oxygen atoms in total. The van der Waals surface area contributed by atoms with E-state index in [1.807, 2.05) is 48.5 Å². The summed E-state index contributed by atoms with van der Waals surface area (Å²) in [5.41, 5.74) is 0.875. The number of allylic oxidation sites excluding steroid dienone is 1. The van der Waals surface area contributed by atoms with Crippen molar-refractivity contribution in [2.75, 3.05) is 0 Å². The Morgan fingerprint density at radius 3 is 1.95 bits per heavy atom. The molecule has 3 rings (SSSR count). The summed E-state index contributed by atoms with van der Waals surface area (Å²) in [5.74, 6) is 0. The molecular formula is C17H11FO. The molecule has 0 aliphatic carbocycles. The van der Waals surface area contributed by atoms with Crippen LogP contribution in [0.5, 0.6) is 0 Å². The average molecular weight is 250 g/mol. The second kappa shape index (κ2) is 4.65. The SMILES string of the molecule is O=C(F)/C=C/c1c2ccccc2cc2ccccc12. The van der Waals surface area contributed by atoms with E-state index in [0.29, 0.717) is 0 Å². The molecule has 0 atom stereocenters. The highest BCUT2D eigenvalue weighted by molar-refractivity contribution is 6.07. The summed E-state index contributed by atoms with van der Waals surface area (Å²) < 4.78 is 12.5. The molecule has 0 radical (unpaired) electrons. The van der Waals surface area contributed by atoms with Crippen molar-refractivity contribution in [3.8, 4) is 0 Å². The fraction of sp³-hybridized carbons (Fsp3) is 0. The van der Waals surface area contributed by atoms with E-state index < -0.39 is 6.04 Å². The molecule has 2 heteroatoms. The predicted molar refractivity (Wildman–Crippen MR) is 76.6 cm³/mol. The minimum absolute atomic E-state index is 0.875. The van der Waals surface area contributed by atoms with Crippen LogP contribution in [0.25, 0.3) is 27.6 Å². The lowest BCUT2D eigenvalue weighted by Crippen LogP contribution is -1.84. The molecule has 0 heterocycles. The minimum atomic E-state index is -1.43. The Hall–Kier alpha value is -2.48. The van der Waals surface area contributed by atoms with Crippen molar-refractivity contribution in [2.45, 2.75) is 0 Å². The molecule has 0 saturated heterocycles. The van der Waals surface area contributed by atoms with E-state index in [-0.39, 0.29) is 0 Å². The van der Waals surface area contributed by atoms with Gasteiger partial charge in [0, 0.05) is 6.08 Å². The van der Waals surface area contributed by atoms with Gasteiger partial charge < -0.3 is 0 Å². The van der Waals surface area contributed by atoms with Gasteiger partial charge in [-0.1, -0.05) is 48.5 Å². The molecule has 0 amide bonds. The second-order valence-electron chi connectivity index (χ2n) is 4.37. The number of hydrogen-bond donors (Lipinski definition) is 0. The van der Waals surface area contributed by atoms with E-state index in [0.717, 1.165) is 33.2 Å². The van der Waals surface area contributed by atoms with Crippen LogP contribution in [0.1, 0.15) is 5.56 Å². The van der Waals surface area contributed by atoms with Crippen molar-refractivity contribution in [2.24, 2.45) is 0 Å². The first-order valence-electron chi connectivity index (χ1n) is 6.04. The largest absolute Gasteiger partial charge is 0.324 e. The van der Waals surface area contributed by atoms with Crippen LogP contribution >= 0.6 is 0 Å². The number of halogens is 1. The van der Waals surface area contributed by atoms with E-state index in [9.17, 15) is 9.18 Å². The lowest BCUT2D eigenvalue weighted by molar-refractivity contribution is -0.124. The van der Waals surface area contributed by atoms with Crippen molar-refractivity contribution in [1.29, 1.82) is 0 Å². The van der Waals surface area contributed by atoms with Crippen LogP contribution in [0, 0.1) is 0 Å². The molecule has 92 valence electrons. The molecule has 0 fully saturated rings. The van der Waals surface area contributed by atoms with Gasteiger partial charge in [0.25, 0.3) is 0 Å². The zero-order valence-corrected chi connectivity index (χ0v) is 10.1. The minimum Gasteiger partial charge on any atom is -0.256 e. The molecule has 0 aliphatic rings. The van der Waals surface area contributed by atoms with Gasteiger partial charge in [-0.25, -0.2) is 0 Å². The first-order valence-corrected chi connectivity index (χ1v) is 6.04. The van der Waals surface area contributed by atoms with Crippen molar-refractivity contribution in [3.05, 3.63) is 66.2 Å². The van der Waals surface area contributed by atoms with Gasteiger partial charge in [0.1, 0.15) is 0 Å². The normalized spacial score (nSPS) is 11.4. The summed E-state index contributed by atoms with van der Waals surface area (Å²) in [6, 6.07) is 16.4. The first kappa shape index (κ1) is 11.6. The van der Waals surface area contributed by atoms with E-state index >= 15 is 0 Å². The third kappa shape index (κ3) is 2.13. The van der Waals surface area contributed by atoms with E-state index in [1.165, 1.54) is 0 Å². The fourth-order valence-electron chi connectivity index (χ4n) is 2.38. The zero-order valence-electron chi connectivity index (χ0n) is 10.1. The van der Waals surface area contributed by atoms with Gasteiger partial charge in [-0.2, -0.15) is 4.39 Å². The van der Waals surface area contributed by atoms with Gasteiger partial charge in [-0.3, -0.25) is 4.79 Å². The van der Waals surface area contributed by atoms with Gasteiger partial charge in [0.2, 0.25) is 0 Å². The van der Waals surface area contributed by atoms with Gasteiger partial charge in [0.05, 0.1) is 0 Å². The molecule has 3 aromatic carbocycles. The quantitative estimate of drug-likeness (QED) is 0.372. The predicted octanol–water partition coefficient (Wildman–Crippen LogP) is 4.50. The summed E-state index contributed by atoms with van der Waals surface area (Å²) in [5, 5.41) is 4.18. The Morgan fingerprint density at radius 2 is 1.42 bits per heavy atom. The molecule has 0 N–H and O–H groups in total. The topological polar surface area (TPSA) is 17.1 Å². The zero-order chi connectivity index (χ0) is 13.2. The summed E-state index contributed by atoms with van der Waals surface area (Å²) in [7, 11) is 0. The Labute approximate surface area is 110 Å². The molecule has 0 bridgehead atoms. The van der Waals surface area contributed by atoms with Crippen LogP contribution in [0.15, 0.2) is 60.7 Å². The van der Waals surface area contributed by atoms with Crippen LogP contribution in [0.3, 0.4) is 0 Å². The maximum absolute atomic E-state index is 12.5. The van der Waals surface area contributed by atoms with Gasteiger partial charge in [0.15, 0.2) is 0 Å². The summed E-state index contributed by atoms with van der Waals surface area (Å²) in [4.78, 5) is 10.5. The number of rotatable bonds is 2. The Kier molecular flexibility index (Phi) is 2.84. The number of fused-ring (bicyclic) bond motifs is 2. The van der Waals surface area contributed by atoms with E-state index in [4.69, 9.17) is 0 Å². The van der Waals surface area contributed by atoms with Gasteiger partial charge in [-0.15, -0.1) is 0 Å². The van der Waals surface area contributed by atoms with Crippen molar-refractivity contribution < 1.29 is 9.18 Å². The molecule has 19 heavy (non-hydrogen) atoms. The highest BCUT2D eigenvalue weighted by Gasteiger charge is 2.04. The summed E-state index contributed by atoms with van der Waals surface area (Å²) >= 11 is 0. The second-order valence-corrected chi connectivity index (χ2v) is 4.37. The van der Waals surface area contributed by atoms with Crippen LogP contribution in [0.2, 0.25) is 0 Å². The van der Waals surface area contributed by atoms with Crippen molar-refractivity contribution in [1.82, 2.24) is 0 Å². The Bertz CT molecular complexity index is 749. The number of carbonyl (C=O) groups excluding carboxylic acids is 1. The maximum atomic E-state index is 12.5. The smallest absolute Gasteiger partial charge is 0.256 e. The molecule has 0 saturated carbocycles. The molecule has 0 aliphatic heterocycles. The molecule has 0 aromatic heterocycles. The van der Waals surface area contributed by atoms with Crippen LogP contribution < -0.4 is 0 Å². The number of carbonyl (C=O) groups is 1. The van der Waals surface area contributed by atoms with Crippen molar-refractivity contribution >= 4 is 33.7 Å². The summed E-state index contributed by atoms with van der Waals surface area (Å²) in [6.45, 7) is 0. The molecule has 0 unspecified atom stereocenters. The Balaban J connectivity index is 2.42. The third-order valence-corrected chi connectivity index (χ3v) is 3.19. The van der Waals surface area contributed by atoms with Gasteiger partial charge >= 0.3 is 6.04 Å². The van der Waals surface area contributed by atoms with Crippen LogP contribution in [0.4, 0.5) is 4.39 Å². The maximum Gasteiger partial charge on any atom is 0.324 e. The van der Waals surface area contributed by atoms with E-state index in [1.54, 1.807) is 6.08 Å². The average Bonchev–Trinajstić information content (AvgIpc) is 2.43. The molecular weight excluding hydrogens is 239 g/mol. The van der Waals surface area contributed by atoms with E-state index in [2.05, 4.69) is 6.07 Å². The van der Waals surface area contributed by atoms with Crippen LogP contribution in [-0.2, 0) is 4.79 Å². The molecule has 0 spiro atoms. The summed E-state index contributed by atoms with van der Waals surface area (Å²) in [6.07, 6.45) is 2.52. The Morgan fingerprint density at radius 1 is 0.895 bits per heavy atom. The highest BCUT2D eigenvalue weighted by Crippen LogP contribution is 2.29. The lowest BCUT2D eigenvalue weighted by Gasteiger charge is -2.07. The fourth-order valence-corrected chi connectivity index (χ4v) is 2.38. The molecule has 3 aromatic rings. The standard InChI is InChI=1S/C17H11FO/c18-17(19)10-9-16-14-7-3-1-5-12(14)11-13-6-2-4-8-15(13)16/h1-11H/b10-9+. The lowest BCUT2D eigenvalue weighted by atomic mass is 9.96. The van der Waals surface area contributed by atoms with Gasteiger partial charge in [-0.05, 0) is 39.3 Å². The first-order chi connectivity index (χ1) is 9.25. The number of benzene rings is 3. The van der Waals surface area contributed by atoms with Crippen molar-refractivity contribution in [3.63, 3.8) is 0 Å². The van der Waals surface area contributed by atoms with Crippen LogP contribution in [-0.4, -0.2) is 6.04 Å². The number of hydrogen-bond acceptors (Lipinski definition) is 1. The monoisotopic (exact) mass is 250 g/mol. The highest BCUT2D eigenvalue weighted by atomic mass is 19.1. The third-order valence-electron chi connectivity index (χ3n) is 3.19.